The first-order valence-electron chi connectivity index (χ1n) is 1.57. The van der Waals surface area contributed by atoms with Gasteiger partial charge in [-0.1, -0.05) is 0 Å². The Bertz CT molecular complexity index is 138. The van der Waals surface area contributed by atoms with Gasteiger partial charge < -0.3 is 29.4 Å². The second-order valence-electron chi connectivity index (χ2n) is 1.03. The van der Waals surface area contributed by atoms with Crippen molar-refractivity contribution in [3.05, 3.63) is 0 Å². The van der Waals surface area contributed by atoms with Crippen molar-refractivity contribution in [2.24, 2.45) is 0 Å². The molecule has 0 aromatic carbocycles. The van der Waals surface area contributed by atoms with Gasteiger partial charge >= 0.3 is 53.4 Å². The van der Waals surface area contributed by atoms with Gasteiger partial charge in [-0.15, -0.1) is 0 Å². The van der Waals surface area contributed by atoms with E-state index in [2.05, 4.69) is 0 Å². The number of rotatable bonds is 0. The molecular weight excluding hydrogens is 314 g/mol. The minimum absolute atomic E-state index is 0. The molecule has 0 rings (SSSR count). The van der Waals surface area contributed by atoms with E-state index in [9.17, 15) is 0 Å². The van der Waals surface area contributed by atoms with Crippen LogP contribution >= 0.6 is 15.6 Å². The average molecular weight is 322 g/mol. The molecule has 14 heavy (non-hydrogen) atoms. The topological polar surface area (TPSA) is 156 Å². The molecule has 0 fully saturated rings. The van der Waals surface area contributed by atoms with Crippen LogP contribution in [0.4, 0.5) is 0 Å². The third-order valence-electron chi connectivity index (χ3n) is 0. The molecule has 0 amide bonds. The maximum absolute atomic E-state index is 8.88. The molecule has 0 unspecified atom stereocenters. The summed E-state index contributed by atoms with van der Waals surface area (Å²) in [5.41, 5.74) is 0. The van der Waals surface area contributed by atoms with Gasteiger partial charge in [-0.3, -0.25) is 0 Å². The first-order chi connectivity index (χ1) is 4.00. The molecule has 2 radical (unpaired) electrons. The molecule has 8 nitrogen and oxygen atoms in total. The van der Waals surface area contributed by atoms with E-state index in [1.54, 1.807) is 0 Å². The number of phosphoric acid groups is 2. The Hall–Kier alpha value is 2.51. The number of hydrogen-bond acceptors (Lipinski definition) is 2. The summed E-state index contributed by atoms with van der Waals surface area (Å²) in [5.74, 6) is 0. The first kappa shape index (κ1) is 36.0. The Labute approximate surface area is 126 Å². The Balaban J connectivity index is -0.0000000178. The molecule has 0 aliphatic rings. The van der Waals surface area contributed by atoms with Crippen LogP contribution in [-0.2, 0) is 44.5 Å². The summed E-state index contributed by atoms with van der Waals surface area (Å²) < 4.78 is 17.8. The molecule has 0 saturated carbocycles. The smallest absolute Gasteiger partial charge is 0 e. The van der Waals surface area contributed by atoms with Crippen LogP contribution in [0.2, 0.25) is 0 Å². The van der Waals surface area contributed by atoms with Crippen LogP contribution in [0.3, 0.4) is 0 Å². The molecule has 0 aromatic rings. The third-order valence-corrected chi connectivity index (χ3v) is 0. The zero-order valence-electron chi connectivity index (χ0n) is 5.17. The van der Waals surface area contributed by atoms with Crippen LogP contribution in [0.1, 0.15) is 0 Å². The molecule has 0 aromatic heterocycles. The second-order valence-corrected chi connectivity index (χ2v) is 3.08. The van der Waals surface area contributed by atoms with Gasteiger partial charge in [0, 0.05) is 35.3 Å². The summed E-state index contributed by atoms with van der Waals surface area (Å²) in [6, 6.07) is 0. The van der Waals surface area contributed by atoms with Crippen LogP contribution in [-0.4, -0.2) is 67.1 Å². The predicted molar refractivity (Wildman–Crippen MR) is 42.8 cm³/mol. The van der Waals surface area contributed by atoms with Crippen LogP contribution in [0.15, 0.2) is 0 Å². The fraction of sp³-hybridized carbons (Fsp3) is 0. The van der Waals surface area contributed by atoms with E-state index in [1.807, 2.05) is 0 Å². The van der Waals surface area contributed by atoms with Gasteiger partial charge in [0.15, 0.2) is 0 Å². The fourth-order valence-corrected chi connectivity index (χ4v) is 0. The van der Waals surface area contributed by atoms with E-state index in [0.29, 0.717) is 0 Å². The molecule has 0 saturated heterocycles. The van der Waals surface area contributed by atoms with Gasteiger partial charge in [-0.05, 0) is 0 Å². The molecule has 0 heterocycles. The van der Waals surface area contributed by atoms with Gasteiger partial charge in [0.25, 0.3) is 0 Å². The molecule has 0 atom stereocenters. The van der Waals surface area contributed by atoms with E-state index in [0.717, 1.165) is 0 Å². The minimum Gasteiger partial charge on any atom is 0 e. The molecule has 0 bridgehead atoms. The Morgan fingerprint density at radius 3 is 0.643 bits per heavy atom. The van der Waals surface area contributed by atoms with Gasteiger partial charge in [0.1, 0.15) is 0 Å². The SMILES string of the molecule is O=P(O)(O)O.O=P(O)(O)O.[Co].[LiH].[LiH].[V]. The predicted octanol–water partition coefficient (Wildman–Crippen LogP) is -3.16. The van der Waals surface area contributed by atoms with Crippen molar-refractivity contribution in [3.8, 4) is 0 Å². The quantitative estimate of drug-likeness (QED) is 0.202. The summed E-state index contributed by atoms with van der Waals surface area (Å²) in [7, 11) is -9.28. The van der Waals surface area contributed by atoms with Crippen LogP contribution in [0, 0.1) is 0 Å². The number of hydrogen-bond donors (Lipinski definition) is 6. The molecule has 0 aliphatic heterocycles. The largest absolute Gasteiger partial charge is 0 e. The van der Waals surface area contributed by atoms with Crippen LogP contribution < -0.4 is 0 Å². The van der Waals surface area contributed by atoms with Crippen LogP contribution in [0.5, 0.6) is 0 Å². The van der Waals surface area contributed by atoms with Crippen molar-refractivity contribution in [3.63, 3.8) is 0 Å². The normalized spacial score (nSPS) is 8.43. The van der Waals surface area contributed by atoms with Crippen molar-refractivity contribution in [1.82, 2.24) is 0 Å². The van der Waals surface area contributed by atoms with E-state index < -0.39 is 15.6 Å². The van der Waals surface area contributed by atoms with Crippen molar-refractivity contribution in [2.75, 3.05) is 0 Å². The van der Waals surface area contributed by atoms with Gasteiger partial charge in [-0.25, -0.2) is 9.13 Å². The third kappa shape index (κ3) is 421. The first-order valence-corrected chi connectivity index (χ1v) is 4.70. The van der Waals surface area contributed by atoms with Crippen molar-refractivity contribution in [2.45, 2.75) is 0 Å². The van der Waals surface area contributed by atoms with Gasteiger partial charge in [-0.2, -0.15) is 0 Å². The van der Waals surface area contributed by atoms with Gasteiger partial charge in [0.05, 0.1) is 0 Å². The van der Waals surface area contributed by atoms with E-state index >= 15 is 0 Å². The monoisotopic (exact) mass is 322 g/mol. The maximum atomic E-state index is 8.88. The molecule has 0 aliphatic carbocycles. The molecule has 0 spiro atoms. The van der Waals surface area contributed by atoms with Gasteiger partial charge in [0.2, 0.25) is 0 Å². The van der Waals surface area contributed by atoms with Crippen molar-refractivity contribution in [1.29, 1.82) is 0 Å². The Morgan fingerprint density at radius 1 is 0.643 bits per heavy atom. The van der Waals surface area contributed by atoms with E-state index in [4.69, 9.17) is 38.5 Å². The zero-order valence-corrected chi connectivity index (χ0v) is 9.40. The average Bonchev–Trinajstić information content (AvgIpc) is 1.12. The van der Waals surface area contributed by atoms with E-state index in [1.165, 1.54) is 0 Å². The molecule has 6 N–H and O–H groups in total. The summed E-state index contributed by atoms with van der Waals surface area (Å²) in [4.78, 5) is 43.1. The summed E-state index contributed by atoms with van der Waals surface area (Å²) in [6.07, 6.45) is 0. The Morgan fingerprint density at radius 2 is 0.643 bits per heavy atom. The summed E-state index contributed by atoms with van der Waals surface area (Å²) >= 11 is 0. The second kappa shape index (κ2) is 15.5. The molecular formula is H8CoLi2O8P2V. The summed E-state index contributed by atoms with van der Waals surface area (Å²) in [6.45, 7) is 0. The molecule has 14 heteroatoms. The van der Waals surface area contributed by atoms with Crippen LogP contribution in [0.25, 0.3) is 0 Å². The maximum Gasteiger partial charge on any atom is 0 e. The van der Waals surface area contributed by atoms with E-state index in [-0.39, 0.29) is 73.1 Å². The van der Waals surface area contributed by atoms with Crippen molar-refractivity contribution >= 4 is 53.4 Å². The van der Waals surface area contributed by atoms with Crippen molar-refractivity contribution < 1.29 is 73.8 Å². The fourth-order valence-electron chi connectivity index (χ4n) is 0. The zero-order chi connectivity index (χ0) is 9.00. The molecule has 82 valence electrons. The summed E-state index contributed by atoms with van der Waals surface area (Å²) in [5, 5.41) is 0. The minimum atomic E-state index is -4.64. The Kier molecular flexibility index (Phi) is 39.8. The standard InChI is InChI=1S/Co.2Li.2H3O4P.V.2H/c;;;2*1-5(2,3)4;;;/h;;;2*(H3,1,2,3,4);;;.